The third-order valence-corrected chi connectivity index (χ3v) is 5.78. The van der Waals surface area contributed by atoms with Gasteiger partial charge in [-0.2, -0.15) is 5.26 Å². The van der Waals surface area contributed by atoms with Crippen molar-refractivity contribution >= 4 is 5.91 Å². The number of aryl methyl sites for hydroxylation is 3. The van der Waals surface area contributed by atoms with Crippen LogP contribution in [0.25, 0.3) is 0 Å². The van der Waals surface area contributed by atoms with Crippen molar-refractivity contribution in [3.05, 3.63) is 67.1 Å². The smallest absolute Gasteiger partial charge is 0.266 e. The maximum Gasteiger partial charge on any atom is 0.266 e. The molecule has 0 fully saturated rings. The average molecular weight is 408 g/mol. The van der Waals surface area contributed by atoms with E-state index >= 15 is 0 Å². The minimum Gasteiger partial charge on any atom is -0.356 e. The molecule has 0 aliphatic heterocycles. The van der Waals surface area contributed by atoms with E-state index in [2.05, 4.69) is 57.1 Å². The zero-order chi connectivity index (χ0) is 22.6. The van der Waals surface area contributed by atoms with Crippen LogP contribution in [-0.4, -0.2) is 17.4 Å². The van der Waals surface area contributed by atoms with Crippen molar-refractivity contribution in [2.45, 2.75) is 73.1 Å². The Morgan fingerprint density at radius 1 is 1.07 bits per heavy atom. The fourth-order valence-corrected chi connectivity index (χ4v) is 3.89. The van der Waals surface area contributed by atoms with Crippen molar-refractivity contribution < 1.29 is 4.79 Å². The third kappa shape index (κ3) is 5.38. The normalized spacial score (nSPS) is 11.3. The molecular weight excluding hydrogens is 374 g/mol. The van der Waals surface area contributed by atoms with E-state index in [-0.39, 0.29) is 22.4 Å². The highest BCUT2D eigenvalue weighted by molar-refractivity contribution is 5.76. The van der Waals surface area contributed by atoms with Crippen LogP contribution >= 0.6 is 0 Å². The second-order valence-electron chi connectivity index (χ2n) is 9.11. The van der Waals surface area contributed by atoms with Crippen molar-refractivity contribution in [1.29, 1.82) is 5.26 Å². The van der Waals surface area contributed by atoms with Gasteiger partial charge in [0.05, 0.1) is 0 Å². The Balaban J connectivity index is 1.98. The first kappa shape index (κ1) is 23.4. The lowest BCUT2D eigenvalue weighted by atomic mass is 9.83. The van der Waals surface area contributed by atoms with Crippen LogP contribution in [0.4, 0.5) is 0 Å². The summed E-state index contributed by atoms with van der Waals surface area (Å²) >= 11 is 0. The number of aromatic nitrogens is 1. The third-order valence-electron chi connectivity index (χ3n) is 5.78. The molecule has 1 heterocycles. The van der Waals surface area contributed by atoms with E-state index in [4.69, 9.17) is 0 Å². The molecule has 0 saturated heterocycles. The molecule has 2 N–H and O–H groups in total. The SMILES string of the molecule is Cc1cc(C(C)(C)C)cc(C)c1CCNC(=O)CCc1c(C)[nH]c(=O)c(C#N)c1C. The monoisotopic (exact) mass is 407 g/mol. The molecule has 1 amide bonds. The number of amides is 1. The molecule has 2 aromatic rings. The number of nitrogens with zero attached hydrogens (tertiary/aromatic N) is 1. The van der Waals surface area contributed by atoms with Gasteiger partial charge in [-0.25, -0.2) is 0 Å². The lowest BCUT2D eigenvalue weighted by molar-refractivity contribution is -0.121. The van der Waals surface area contributed by atoms with Crippen LogP contribution in [0.3, 0.4) is 0 Å². The minimum atomic E-state index is -0.371. The number of aromatic amines is 1. The molecule has 0 saturated carbocycles. The largest absolute Gasteiger partial charge is 0.356 e. The Labute approximate surface area is 179 Å². The molecule has 0 unspecified atom stereocenters. The summed E-state index contributed by atoms with van der Waals surface area (Å²) in [5.41, 5.74) is 7.26. The molecule has 1 aromatic heterocycles. The van der Waals surface area contributed by atoms with Gasteiger partial charge in [0.15, 0.2) is 0 Å². The van der Waals surface area contributed by atoms with Crippen molar-refractivity contribution in [3.8, 4) is 6.07 Å². The predicted octanol–water partition coefficient (Wildman–Crippen LogP) is 4.07. The lowest BCUT2D eigenvalue weighted by Crippen LogP contribution is -2.27. The van der Waals surface area contributed by atoms with E-state index < -0.39 is 0 Å². The van der Waals surface area contributed by atoms with Gasteiger partial charge in [0.2, 0.25) is 5.91 Å². The van der Waals surface area contributed by atoms with Gasteiger partial charge in [0.1, 0.15) is 11.6 Å². The summed E-state index contributed by atoms with van der Waals surface area (Å²) in [6.07, 6.45) is 1.61. The average Bonchev–Trinajstić information content (AvgIpc) is 2.62. The lowest BCUT2D eigenvalue weighted by Gasteiger charge is -2.22. The van der Waals surface area contributed by atoms with Gasteiger partial charge in [0, 0.05) is 18.7 Å². The summed E-state index contributed by atoms with van der Waals surface area (Å²) in [6.45, 7) is 15.1. The van der Waals surface area contributed by atoms with Crippen molar-refractivity contribution in [1.82, 2.24) is 10.3 Å². The quantitative estimate of drug-likeness (QED) is 0.757. The zero-order valence-electron chi connectivity index (χ0n) is 19.2. The van der Waals surface area contributed by atoms with Gasteiger partial charge in [0.25, 0.3) is 5.56 Å². The second kappa shape index (κ2) is 9.30. The molecule has 0 atom stereocenters. The van der Waals surface area contributed by atoms with E-state index in [0.717, 1.165) is 17.7 Å². The maximum absolute atomic E-state index is 12.4. The van der Waals surface area contributed by atoms with E-state index in [1.165, 1.54) is 22.3 Å². The molecule has 5 nitrogen and oxygen atoms in total. The number of hydrogen-bond donors (Lipinski definition) is 2. The van der Waals surface area contributed by atoms with Gasteiger partial charge in [-0.1, -0.05) is 32.9 Å². The Bertz CT molecular complexity index is 1030. The topological polar surface area (TPSA) is 85.8 Å². The Morgan fingerprint density at radius 3 is 2.20 bits per heavy atom. The van der Waals surface area contributed by atoms with Gasteiger partial charge in [-0.15, -0.1) is 0 Å². The highest BCUT2D eigenvalue weighted by atomic mass is 16.1. The number of nitriles is 1. The summed E-state index contributed by atoms with van der Waals surface area (Å²) in [6, 6.07) is 6.45. The highest BCUT2D eigenvalue weighted by Gasteiger charge is 2.17. The molecular formula is C25H33N3O2. The second-order valence-corrected chi connectivity index (χ2v) is 9.11. The molecule has 160 valence electrons. The molecule has 0 spiro atoms. The van der Waals surface area contributed by atoms with E-state index in [1.807, 2.05) is 6.07 Å². The number of nitrogens with one attached hydrogen (secondary N) is 2. The standard InChI is InChI=1S/C25H33N3O2/c1-15-12-19(25(5,6)7)13-16(2)20(15)10-11-27-23(29)9-8-21-17(3)22(14-26)24(30)28-18(21)4/h12-13H,8-11H2,1-7H3,(H,27,29)(H,28,30). The Hall–Kier alpha value is -2.87. The highest BCUT2D eigenvalue weighted by Crippen LogP contribution is 2.27. The number of H-pyrrole nitrogens is 1. The number of hydrogen-bond acceptors (Lipinski definition) is 3. The maximum atomic E-state index is 12.4. The van der Waals surface area contributed by atoms with Crippen LogP contribution < -0.4 is 10.9 Å². The van der Waals surface area contributed by atoms with E-state index in [0.29, 0.717) is 24.9 Å². The Kier molecular flexibility index (Phi) is 7.25. The molecule has 1 aromatic carbocycles. The van der Waals surface area contributed by atoms with E-state index in [9.17, 15) is 14.9 Å². The van der Waals surface area contributed by atoms with Crippen molar-refractivity contribution in [3.63, 3.8) is 0 Å². The number of benzene rings is 1. The first-order valence-electron chi connectivity index (χ1n) is 10.5. The molecule has 0 radical (unpaired) electrons. The molecule has 0 aliphatic rings. The van der Waals surface area contributed by atoms with Crippen LogP contribution in [0, 0.1) is 39.0 Å². The Morgan fingerprint density at radius 2 is 1.67 bits per heavy atom. The van der Waals surface area contributed by atoms with Crippen molar-refractivity contribution in [2.24, 2.45) is 0 Å². The fourth-order valence-electron chi connectivity index (χ4n) is 3.89. The van der Waals surface area contributed by atoms with Gasteiger partial charge in [-0.3, -0.25) is 9.59 Å². The van der Waals surface area contributed by atoms with Gasteiger partial charge < -0.3 is 10.3 Å². The van der Waals surface area contributed by atoms with Crippen LogP contribution in [0.5, 0.6) is 0 Å². The first-order chi connectivity index (χ1) is 14.0. The number of pyridine rings is 1. The summed E-state index contributed by atoms with van der Waals surface area (Å²) in [4.78, 5) is 26.9. The summed E-state index contributed by atoms with van der Waals surface area (Å²) in [5.74, 6) is -0.0277. The summed E-state index contributed by atoms with van der Waals surface area (Å²) in [7, 11) is 0. The fraction of sp³-hybridized carbons (Fsp3) is 0.480. The zero-order valence-corrected chi connectivity index (χ0v) is 19.2. The summed E-state index contributed by atoms with van der Waals surface area (Å²) < 4.78 is 0. The van der Waals surface area contributed by atoms with Crippen LogP contribution in [-0.2, 0) is 23.1 Å². The van der Waals surface area contributed by atoms with Gasteiger partial charge in [-0.05, 0) is 79.3 Å². The van der Waals surface area contributed by atoms with Crippen molar-refractivity contribution in [2.75, 3.05) is 6.54 Å². The predicted molar refractivity (Wildman–Crippen MR) is 121 cm³/mol. The first-order valence-corrected chi connectivity index (χ1v) is 10.5. The summed E-state index contributed by atoms with van der Waals surface area (Å²) in [5, 5.41) is 12.2. The molecule has 0 bridgehead atoms. The molecule has 0 aliphatic carbocycles. The van der Waals surface area contributed by atoms with E-state index in [1.54, 1.807) is 13.8 Å². The molecule has 5 heteroatoms. The van der Waals surface area contributed by atoms with Crippen LogP contribution in [0.15, 0.2) is 16.9 Å². The molecule has 2 rings (SSSR count). The van der Waals surface area contributed by atoms with Crippen LogP contribution in [0.1, 0.15) is 71.8 Å². The minimum absolute atomic E-state index is 0.0277. The van der Waals surface area contributed by atoms with Crippen LogP contribution in [0.2, 0.25) is 0 Å². The molecule has 30 heavy (non-hydrogen) atoms. The number of carbonyl (C=O) groups is 1. The van der Waals surface area contributed by atoms with Gasteiger partial charge >= 0.3 is 0 Å². The number of carbonyl (C=O) groups excluding carboxylic acids is 1. The number of rotatable bonds is 6.